The van der Waals surface area contributed by atoms with Crippen LogP contribution in [-0.4, -0.2) is 23.6 Å². The standard InChI is InChI=1S/C14H19N3O2/c1-4-10-6-7-11(19-10)12(15-5-2)13-14(18-3)17-9-8-16-13/h6-9,12,15H,4-5H2,1-3H3. The topological polar surface area (TPSA) is 60.2 Å². The zero-order valence-electron chi connectivity index (χ0n) is 11.5. The molecule has 0 aromatic carbocycles. The van der Waals surface area contributed by atoms with Gasteiger partial charge in [0.05, 0.1) is 7.11 Å². The Labute approximate surface area is 113 Å². The summed E-state index contributed by atoms with van der Waals surface area (Å²) in [6.45, 7) is 4.90. The van der Waals surface area contributed by atoms with Crippen LogP contribution in [0.15, 0.2) is 28.9 Å². The second kappa shape index (κ2) is 6.33. The van der Waals surface area contributed by atoms with Crippen molar-refractivity contribution in [2.45, 2.75) is 26.3 Å². The van der Waals surface area contributed by atoms with Gasteiger partial charge in [0.1, 0.15) is 23.3 Å². The van der Waals surface area contributed by atoms with Gasteiger partial charge in [-0.15, -0.1) is 0 Å². The number of rotatable bonds is 6. The van der Waals surface area contributed by atoms with Gasteiger partial charge in [0.2, 0.25) is 5.88 Å². The molecule has 2 aromatic heterocycles. The molecule has 1 atom stereocenters. The molecule has 0 saturated carbocycles. The van der Waals surface area contributed by atoms with Crippen LogP contribution in [0.3, 0.4) is 0 Å². The third-order valence-electron chi connectivity index (χ3n) is 2.88. The van der Waals surface area contributed by atoms with Crippen molar-refractivity contribution in [2.24, 2.45) is 0 Å². The smallest absolute Gasteiger partial charge is 0.237 e. The number of hydrogen-bond donors (Lipinski definition) is 1. The third kappa shape index (κ3) is 2.93. The molecule has 0 spiro atoms. The van der Waals surface area contributed by atoms with Gasteiger partial charge in [0.15, 0.2) is 0 Å². The zero-order chi connectivity index (χ0) is 13.7. The molecule has 102 valence electrons. The molecule has 2 aromatic rings. The van der Waals surface area contributed by atoms with Crippen molar-refractivity contribution in [2.75, 3.05) is 13.7 Å². The van der Waals surface area contributed by atoms with E-state index in [4.69, 9.17) is 9.15 Å². The molecule has 0 aliphatic heterocycles. The number of aromatic nitrogens is 2. The highest BCUT2D eigenvalue weighted by Gasteiger charge is 2.22. The largest absolute Gasteiger partial charge is 0.480 e. The highest BCUT2D eigenvalue weighted by atomic mass is 16.5. The number of hydrogen-bond acceptors (Lipinski definition) is 5. The predicted molar refractivity (Wildman–Crippen MR) is 72.2 cm³/mol. The van der Waals surface area contributed by atoms with E-state index < -0.39 is 0 Å². The van der Waals surface area contributed by atoms with E-state index >= 15 is 0 Å². The summed E-state index contributed by atoms with van der Waals surface area (Å²) in [6.07, 6.45) is 4.15. The monoisotopic (exact) mass is 261 g/mol. The lowest BCUT2D eigenvalue weighted by Gasteiger charge is -2.16. The van der Waals surface area contributed by atoms with Gasteiger partial charge in [-0.25, -0.2) is 4.98 Å². The molecule has 2 heterocycles. The van der Waals surface area contributed by atoms with E-state index in [2.05, 4.69) is 22.2 Å². The van der Waals surface area contributed by atoms with Crippen LogP contribution in [0.4, 0.5) is 0 Å². The molecule has 0 fully saturated rings. The van der Waals surface area contributed by atoms with Crippen molar-refractivity contribution in [3.05, 3.63) is 41.7 Å². The van der Waals surface area contributed by atoms with Crippen molar-refractivity contribution in [3.63, 3.8) is 0 Å². The molecule has 2 rings (SSSR count). The van der Waals surface area contributed by atoms with Crippen molar-refractivity contribution in [3.8, 4) is 5.88 Å². The Hall–Kier alpha value is -1.88. The van der Waals surface area contributed by atoms with Gasteiger partial charge in [0, 0.05) is 18.8 Å². The Morgan fingerprint density at radius 1 is 1.26 bits per heavy atom. The van der Waals surface area contributed by atoms with Gasteiger partial charge in [-0.2, -0.15) is 0 Å². The van der Waals surface area contributed by atoms with Gasteiger partial charge >= 0.3 is 0 Å². The average Bonchev–Trinajstić information content (AvgIpc) is 2.93. The number of nitrogens with one attached hydrogen (secondary N) is 1. The summed E-state index contributed by atoms with van der Waals surface area (Å²) in [5.74, 6) is 2.31. The Morgan fingerprint density at radius 2 is 2.05 bits per heavy atom. The van der Waals surface area contributed by atoms with Gasteiger partial charge in [-0.3, -0.25) is 4.98 Å². The Balaban J connectivity index is 2.38. The molecule has 0 bridgehead atoms. The average molecular weight is 261 g/mol. The number of methoxy groups -OCH3 is 1. The van der Waals surface area contributed by atoms with Gasteiger partial charge < -0.3 is 14.5 Å². The van der Waals surface area contributed by atoms with Gasteiger partial charge in [-0.1, -0.05) is 13.8 Å². The molecular formula is C14H19N3O2. The van der Waals surface area contributed by atoms with Crippen LogP contribution >= 0.6 is 0 Å². The Morgan fingerprint density at radius 3 is 2.68 bits per heavy atom. The van der Waals surface area contributed by atoms with Crippen LogP contribution in [0.2, 0.25) is 0 Å². The molecule has 0 amide bonds. The lowest BCUT2D eigenvalue weighted by molar-refractivity contribution is 0.370. The fourth-order valence-electron chi connectivity index (χ4n) is 1.97. The predicted octanol–water partition coefficient (Wildman–Crippen LogP) is 2.34. The second-order valence-corrected chi connectivity index (χ2v) is 4.10. The van der Waals surface area contributed by atoms with Gasteiger partial charge in [0.25, 0.3) is 0 Å². The first kappa shape index (κ1) is 13.5. The molecule has 5 nitrogen and oxygen atoms in total. The number of furan rings is 1. The van der Waals surface area contributed by atoms with E-state index in [0.717, 1.165) is 30.2 Å². The van der Waals surface area contributed by atoms with Crippen LogP contribution in [0.1, 0.15) is 37.1 Å². The van der Waals surface area contributed by atoms with Crippen molar-refractivity contribution < 1.29 is 9.15 Å². The molecule has 5 heteroatoms. The van der Waals surface area contributed by atoms with E-state index in [1.807, 2.05) is 19.1 Å². The lowest BCUT2D eigenvalue weighted by atomic mass is 10.1. The zero-order valence-corrected chi connectivity index (χ0v) is 11.5. The minimum Gasteiger partial charge on any atom is -0.480 e. The molecule has 0 radical (unpaired) electrons. The first-order valence-corrected chi connectivity index (χ1v) is 6.47. The van der Waals surface area contributed by atoms with Crippen LogP contribution in [0.5, 0.6) is 5.88 Å². The number of aryl methyl sites for hydroxylation is 1. The van der Waals surface area contributed by atoms with Crippen molar-refractivity contribution in [1.82, 2.24) is 15.3 Å². The summed E-state index contributed by atoms with van der Waals surface area (Å²) < 4.78 is 11.1. The Bertz CT molecular complexity index is 525. The maximum Gasteiger partial charge on any atom is 0.237 e. The lowest BCUT2D eigenvalue weighted by Crippen LogP contribution is -2.23. The van der Waals surface area contributed by atoms with E-state index in [-0.39, 0.29) is 6.04 Å². The maximum absolute atomic E-state index is 5.82. The summed E-state index contributed by atoms with van der Waals surface area (Å²) in [7, 11) is 1.59. The first-order chi connectivity index (χ1) is 9.30. The molecule has 0 aliphatic rings. The molecule has 19 heavy (non-hydrogen) atoms. The minimum absolute atomic E-state index is 0.144. The summed E-state index contributed by atoms with van der Waals surface area (Å²) >= 11 is 0. The summed E-state index contributed by atoms with van der Waals surface area (Å²) in [5, 5.41) is 3.35. The fourth-order valence-corrected chi connectivity index (χ4v) is 1.97. The minimum atomic E-state index is -0.144. The van der Waals surface area contributed by atoms with Crippen LogP contribution in [0, 0.1) is 0 Å². The highest BCUT2D eigenvalue weighted by Crippen LogP contribution is 2.27. The van der Waals surface area contributed by atoms with E-state index in [9.17, 15) is 0 Å². The van der Waals surface area contributed by atoms with Gasteiger partial charge in [-0.05, 0) is 18.7 Å². The molecule has 1 N–H and O–H groups in total. The second-order valence-electron chi connectivity index (χ2n) is 4.10. The van der Waals surface area contributed by atoms with E-state index in [0.29, 0.717) is 5.88 Å². The van der Waals surface area contributed by atoms with E-state index in [1.54, 1.807) is 19.5 Å². The van der Waals surface area contributed by atoms with Crippen molar-refractivity contribution in [1.29, 1.82) is 0 Å². The molecule has 0 aliphatic carbocycles. The number of ether oxygens (including phenoxy) is 1. The summed E-state index contributed by atoms with van der Waals surface area (Å²) in [4.78, 5) is 8.56. The summed E-state index contributed by atoms with van der Waals surface area (Å²) in [6, 6.07) is 3.82. The van der Waals surface area contributed by atoms with Crippen LogP contribution in [0.25, 0.3) is 0 Å². The summed E-state index contributed by atoms with van der Waals surface area (Å²) in [5.41, 5.74) is 0.740. The SMILES string of the molecule is CCNC(c1ccc(CC)o1)c1nccnc1OC. The molecular weight excluding hydrogens is 242 g/mol. The highest BCUT2D eigenvalue weighted by molar-refractivity contribution is 5.28. The maximum atomic E-state index is 5.82. The molecule has 1 unspecified atom stereocenters. The number of nitrogens with zero attached hydrogens (tertiary/aromatic N) is 2. The third-order valence-corrected chi connectivity index (χ3v) is 2.88. The van der Waals surface area contributed by atoms with E-state index in [1.165, 1.54) is 0 Å². The Kier molecular flexibility index (Phi) is 4.52. The first-order valence-electron chi connectivity index (χ1n) is 6.47. The molecule has 0 saturated heterocycles. The normalized spacial score (nSPS) is 12.4. The van der Waals surface area contributed by atoms with Crippen LogP contribution in [-0.2, 0) is 6.42 Å². The van der Waals surface area contributed by atoms with Crippen molar-refractivity contribution >= 4 is 0 Å². The quantitative estimate of drug-likeness (QED) is 0.864. The van der Waals surface area contributed by atoms with Crippen LogP contribution < -0.4 is 10.1 Å². The fraction of sp³-hybridized carbons (Fsp3) is 0.429.